The quantitative estimate of drug-likeness (QED) is 0.452. The second kappa shape index (κ2) is 7.33. The molecule has 2 unspecified atom stereocenters. The Kier molecular flexibility index (Phi) is 7.29. The Morgan fingerprint density at radius 2 is 2.08 bits per heavy atom. The zero-order chi connectivity index (χ0) is 10.3. The van der Waals surface area contributed by atoms with Gasteiger partial charge in [0.25, 0.3) is 0 Å². The minimum absolute atomic E-state index is 0.420. The van der Waals surface area contributed by atoms with Crippen molar-refractivity contribution in [1.82, 2.24) is 0 Å². The van der Waals surface area contributed by atoms with Gasteiger partial charge in [-0.15, -0.1) is 6.58 Å². The molecule has 2 heteroatoms. The van der Waals surface area contributed by atoms with Gasteiger partial charge in [0.2, 0.25) is 0 Å². The Balaban J connectivity index is 3.94. The maximum Gasteiger partial charge on any atom is 0.171 e. The molecule has 0 aromatic heterocycles. The second-order valence-corrected chi connectivity index (χ2v) is 6.33. The predicted octanol–water partition coefficient (Wildman–Crippen LogP) is 3.37. The lowest BCUT2D eigenvalue weighted by atomic mass is 10.0. The molecule has 0 aromatic rings. The zero-order valence-corrected chi connectivity index (χ0v) is 10.7. The van der Waals surface area contributed by atoms with Crippen molar-refractivity contribution in [1.29, 1.82) is 0 Å². The summed E-state index contributed by atoms with van der Waals surface area (Å²) < 4.78 is 5.97. The highest BCUT2D eigenvalue weighted by Crippen LogP contribution is 2.16. The van der Waals surface area contributed by atoms with E-state index in [0.717, 1.165) is 0 Å². The van der Waals surface area contributed by atoms with Crippen LogP contribution < -0.4 is 0 Å². The van der Waals surface area contributed by atoms with Crippen LogP contribution in [0.4, 0.5) is 0 Å². The first-order chi connectivity index (χ1) is 6.11. The van der Waals surface area contributed by atoms with E-state index in [0.29, 0.717) is 12.0 Å². The van der Waals surface area contributed by atoms with E-state index in [1.165, 1.54) is 19.3 Å². The van der Waals surface area contributed by atoms with Gasteiger partial charge >= 0.3 is 0 Å². The molecule has 0 aliphatic carbocycles. The fourth-order valence-corrected chi connectivity index (χ4v) is 2.44. The molecule has 1 nitrogen and oxygen atoms in total. The van der Waals surface area contributed by atoms with Crippen LogP contribution in [0.1, 0.15) is 33.1 Å². The zero-order valence-electron chi connectivity index (χ0n) is 9.55. The summed E-state index contributed by atoms with van der Waals surface area (Å²) in [6.45, 7) is 12.7. The number of hydrogen-bond acceptors (Lipinski definition) is 1. The second-order valence-electron chi connectivity index (χ2n) is 3.96. The molecule has 0 radical (unpaired) electrons. The van der Waals surface area contributed by atoms with Gasteiger partial charge in [-0.25, -0.2) is 0 Å². The molecule has 0 rings (SSSR count). The summed E-state index contributed by atoms with van der Waals surface area (Å²) in [6.07, 6.45) is 6.14. The van der Waals surface area contributed by atoms with Crippen molar-refractivity contribution in [2.24, 2.45) is 5.92 Å². The molecule has 0 heterocycles. The van der Waals surface area contributed by atoms with Gasteiger partial charge in [0.15, 0.2) is 9.04 Å². The minimum atomic E-state index is -0.889. The molecule has 0 saturated heterocycles. The molecule has 2 atom stereocenters. The third kappa shape index (κ3) is 6.05. The van der Waals surface area contributed by atoms with Crippen LogP contribution in [-0.4, -0.2) is 15.1 Å². The largest absolute Gasteiger partial charge is 0.417 e. The monoisotopic (exact) mass is 200 g/mol. The normalized spacial score (nSPS) is 15.8. The molecule has 78 valence electrons. The molecule has 0 aliphatic rings. The summed E-state index contributed by atoms with van der Waals surface area (Å²) in [7, 11) is -0.889. The van der Waals surface area contributed by atoms with Gasteiger partial charge in [-0.2, -0.15) is 0 Å². The first-order valence-corrected chi connectivity index (χ1v) is 8.17. The Morgan fingerprint density at radius 1 is 1.46 bits per heavy atom. The summed E-state index contributed by atoms with van der Waals surface area (Å²) >= 11 is 0. The maximum atomic E-state index is 5.97. The van der Waals surface area contributed by atoms with Crippen LogP contribution in [-0.2, 0) is 4.43 Å². The van der Waals surface area contributed by atoms with Crippen LogP contribution in [0.5, 0.6) is 0 Å². The van der Waals surface area contributed by atoms with E-state index in [1.54, 1.807) is 0 Å². The molecule has 0 N–H and O–H groups in total. The third-order valence-electron chi connectivity index (χ3n) is 2.25. The van der Waals surface area contributed by atoms with Gasteiger partial charge < -0.3 is 4.43 Å². The average molecular weight is 200 g/mol. The maximum absolute atomic E-state index is 5.97. The fourth-order valence-electron chi connectivity index (χ4n) is 1.36. The van der Waals surface area contributed by atoms with Gasteiger partial charge in [-0.1, -0.05) is 32.8 Å². The molecule has 0 aromatic carbocycles. The Labute approximate surface area is 84.9 Å². The van der Waals surface area contributed by atoms with Gasteiger partial charge in [-0.05, 0) is 25.4 Å². The van der Waals surface area contributed by atoms with Crippen LogP contribution in [0.25, 0.3) is 0 Å². The van der Waals surface area contributed by atoms with E-state index >= 15 is 0 Å². The highest BCUT2D eigenvalue weighted by molar-refractivity contribution is 6.48. The minimum Gasteiger partial charge on any atom is -0.417 e. The number of unbranched alkanes of at least 4 members (excludes halogenated alkanes) is 1. The third-order valence-corrected chi connectivity index (χ3v) is 3.14. The van der Waals surface area contributed by atoms with Crippen LogP contribution in [0.3, 0.4) is 0 Å². The lowest BCUT2D eigenvalue weighted by Gasteiger charge is -2.24. The first-order valence-electron chi connectivity index (χ1n) is 5.39. The summed E-state index contributed by atoms with van der Waals surface area (Å²) in [4.78, 5) is 0. The van der Waals surface area contributed by atoms with Gasteiger partial charge in [0.1, 0.15) is 0 Å². The van der Waals surface area contributed by atoms with Crippen LogP contribution in [0.15, 0.2) is 12.7 Å². The van der Waals surface area contributed by atoms with Crippen molar-refractivity contribution in [3.05, 3.63) is 12.7 Å². The van der Waals surface area contributed by atoms with Gasteiger partial charge in [-0.3, -0.25) is 0 Å². The molecule has 13 heavy (non-hydrogen) atoms. The molecule has 0 fully saturated rings. The fraction of sp³-hybridized carbons (Fsp3) is 0.818. The number of rotatable bonds is 7. The van der Waals surface area contributed by atoms with Gasteiger partial charge in [0, 0.05) is 0 Å². The van der Waals surface area contributed by atoms with E-state index in [2.05, 4.69) is 33.5 Å². The van der Waals surface area contributed by atoms with Crippen molar-refractivity contribution < 1.29 is 4.43 Å². The molecule has 0 bridgehead atoms. The molecule has 0 spiro atoms. The van der Waals surface area contributed by atoms with Crippen LogP contribution >= 0.6 is 0 Å². The van der Waals surface area contributed by atoms with E-state index in [4.69, 9.17) is 4.43 Å². The lowest BCUT2D eigenvalue weighted by molar-refractivity contribution is 0.153. The van der Waals surface area contributed by atoms with E-state index < -0.39 is 9.04 Å². The summed E-state index contributed by atoms with van der Waals surface area (Å²) in [5.41, 5.74) is 0. The van der Waals surface area contributed by atoms with Crippen LogP contribution in [0.2, 0.25) is 13.1 Å². The highest BCUT2D eigenvalue weighted by atomic mass is 28.3. The lowest BCUT2D eigenvalue weighted by Crippen LogP contribution is -2.26. The van der Waals surface area contributed by atoms with E-state index in [9.17, 15) is 0 Å². The van der Waals surface area contributed by atoms with E-state index in [1.807, 2.05) is 6.08 Å². The molecule has 0 saturated carbocycles. The summed E-state index contributed by atoms with van der Waals surface area (Å²) in [6, 6.07) is 0. The predicted molar refractivity (Wildman–Crippen MR) is 62.6 cm³/mol. The molecule has 0 amide bonds. The standard InChI is InChI=1S/C11H24OSi/c1-6-8-9-11(10(3)7-2)12-13(4)5/h7,10-11,13H,2,6,8-9H2,1,3-5H3. The van der Waals surface area contributed by atoms with E-state index in [-0.39, 0.29) is 0 Å². The van der Waals surface area contributed by atoms with Gasteiger partial charge in [0.05, 0.1) is 6.10 Å². The van der Waals surface area contributed by atoms with Crippen LogP contribution in [0, 0.1) is 5.92 Å². The number of hydrogen-bond donors (Lipinski definition) is 0. The highest BCUT2D eigenvalue weighted by Gasteiger charge is 2.15. The van der Waals surface area contributed by atoms with Crippen molar-refractivity contribution in [3.63, 3.8) is 0 Å². The Bertz CT molecular complexity index is 134. The smallest absolute Gasteiger partial charge is 0.171 e. The average Bonchev–Trinajstić information content (AvgIpc) is 2.10. The van der Waals surface area contributed by atoms with Crippen molar-refractivity contribution in [2.75, 3.05) is 0 Å². The van der Waals surface area contributed by atoms with Crippen molar-refractivity contribution >= 4 is 9.04 Å². The SMILES string of the molecule is C=CC(C)C(CCCC)O[SiH](C)C. The summed E-state index contributed by atoms with van der Waals surface area (Å²) in [5.74, 6) is 0.501. The molecule has 0 aliphatic heterocycles. The molecular weight excluding hydrogens is 176 g/mol. The Morgan fingerprint density at radius 3 is 2.46 bits per heavy atom. The molecular formula is C11H24OSi. The topological polar surface area (TPSA) is 9.23 Å². The Hall–Kier alpha value is -0.0831. The first kappa shape index (κ1) is 12.9. The van der Waals surface area contributed by atoms with Crippen molar-refractivity contribution in [2.45, 2.75) is 52.3 Å². The summed E-state index contributed by atoms with van der Waals surface area (Å²) in [5, 5.41) is 0. The van der Waals surface area contributed by atoms with Crippen molar-refractivity contribution in [3.8, 4) is 0 Å².